The summed E-state index contributed by atoms with van der Waals surface area (Å²) in [6, 6.07) is 16.1. The van der Waals surface area contributed by atoms with Crippen molar-refractivity contribution in [1.29, 1.82) is 0 Å². The van der Waals surface area contributed by atoms with Crippen LogP contribution in [0, 0.1) is 0 Å². The Labute approximate surface area is 150 Å². The van der Waals surface area contributed by atoms with Crippen LogP contribution in [-0.2, 0) is 14.8 Å². The third-order valence-electron chi connectivity index (χ3n) is 3.84. The number of carbonyl (C=O) groups is 1. The summed E-state index contributed by atoms with van der Waals surface area (Å²) >= 11 is 0. The molecule has 0 aromatic heterocycles. The summed E-state index contributed by atoms with van der Waals surface area (Å²) in [6.07, 6.45) is 1.08. The number of phenolic OH excluding ortho intramolecular Hbond substituents is 1. The summed E-state index contributed by atoms with van der Waals surface area (Å²) in [5.74, 6) is -0.865. The lowest BCUT2D eigenvalue weighted by molar-refractivity contribution is 0.0596. The summed E-state index contributed by atoms with van der Waals surface area (Å²) < 4.78 is 33.5. The van der Waals surface area contributed by atoms with Crippen LogP contribution in [0.25, 0.3) is 10.8 Å². The molecule has 0 amide bonds. The van der Waals surface area contributed by atoms with E-state index >= 15 is 0 Å². The van der Waals surface area contributed by atoms with E-state index in [1.807, 2.05) is 12.1 Å². The number of phenols is 1. The van der Waals surface area contributed by atoms with E-state index in [0.29, 0.717) is 5.39 Å². The van der Waals surface area contributed by atoms with Gasteiger partial charge in [0.25, 0.3) is 10.0 Å². The predicted molar refractivity (Wildman–Crippen MR) is 98.2 cm³/mol. The average molecular weight is 369 g/mol. The Morgan fingerprint density at radius 2 is 1.73 bits per heavy atom. The normalized spacial score (nSPS) is 11.7. The van der Waals surface area contributed by atoms with Crippen LogP contribution in [0.5, 0.6) is 5.75 Å². The zero-order valence-electron chi connectivity index (χ0n) is 13.8. The van der Waals surface area contributed by atoms with Crippen LogP contribution in [0.2, 0.25) is 0 Å². The van der Waals surface area contributed by atoms with Crippen LogP contribution < -0.4 is 0 Å². The Morgan fingerprint density at radius 1 is 1.04 bits per heavy atom. The van der Waals surface area contributed by atoms with Crippen LogP contribution in [0.3, 0.4) is 0 Å². The summed E-state index contributed by atoms with van der Waals surface area (Å²) in [5.41, 5.74) is 0.177. The molecule has 0 aliphatic rings. The standard InChI is InChI=1S/C19H15NO5S/c1-25-19(22)15-8-4-5-9-18(15)26(23,24)20-12-16-14-7-3-2-6-13(14)10-11-17(16)21/h2-12,21H,1H3. The van der Waals surface area contributed by atoms with E-state index in [9.17, 15) is 18.3 Å². The number of sulfonamides is 1. The van der Waals surface area contributed by atoms with Gasteiger partial charge in [-0.3, -0.25) is 0 Å². The Bertz CT molecular complexity index is 1120. The van der Waals surface area contributed by atoms with Gasteiger partial charge < -0.3 is 9.84 Å². The van der Waals surface area contributed by atoms with Gasteiger partial charge >= 0.3 is 5.97 Å². The van der Waals surface area contributed by atoms with Crippen LogP contribution >= 0.6 is 0 Å². The lowest BCUT2D eigenvalue weighted by Crippen LogP contribution is -2.09. The van der Waals surface area contributed by atoms with Crippen molar-refractivity contribution in [2.45, 2.75) is 4.90 Å². The second kappa shape index (κ2) is 6.97. The molecule has 7 heteroatoms. The maximum atomic E-state index is 12.6. The van der Waals surface area contributed by atoms with Crippen molar-refractivity contribution in [1.82, 2.24) is 0 Å². The number of hydrogen-bond donors (Lipinski definition) is 1. The summed E-state index contributed by atoms with van der Waals surface area (Å²) in [4.78, 5) is 11.5. The molecule has 1 N–H and O–H groups in total. The van der Waals surface area contributed by atoms with Gasteiger partial charge in [0, 0.05) is 5.56 Å². The molecule has 3 aromatic carbocycles. The van der Waals surface area contributed by atoms with Crippen molar-refractivity contribution in [3.63, 3.8) is 0 Å². The molecule has 0 heterocycles. The van der Waals surface area contributed by atoms with Crippen LogP contribution in [-0.4, -0.2) is 32.8 Å². The van der Waals surface area contributed by atoms with Gasteiger partial charge in [0.1, 0.15) is 10.6 Å². The van der Waals surface area contributed by atoms with Gasteiger partial charge in [0.2, 0.25) is 0 Å². The fourth-order valence-electron chi connectivity index (χ4n) is 2.57. The van der Waals surface area contributed by atoms with E-state index in [2.05, 4.69) is 9.13 Å². The van der Waals surface area contributed by atoms with E-state index in [4.69, 9.17) is 0 Å². The van der Waals surface area contributed by atoms with E-state index in [0.717, 1.165) is 11.6 Å². The van der Waals surface area contributed by atoms with Gasteiger partial charge in [0.05, 0.1) is 18.9 Å². The zero-order chi connectivity index (χ0) is 18.7. The molecular weight excluding hydrogens is 354 g/mol. The minimum absolute atomic E-state index is 0.0936. The third-order valence-corrected chi connectivity index (χ3v) is 5.13. The van der Waals surface area contributed by atoms with Crippen molar-refractivity contribution < 1.29 is 23.1 Å². The van der Waals surface area contributed by atoms with Crippen LogP contribution in [0.15, 0.2) is 70.0 Å². The van der Waals surface area contributed by atoms with Crippen LogP contribution in [0.4, 0.5) is 0 Å². The summed E-state index contributed by atoms with van der Waals surface area (Å²) in [5, 5.41) is 11.6. The molecular formula is C19H15NO5S. The quantitative estimate of drug-likeness (QED) is 0.563. The van der Waals surface area contributed by atoms with Crippen molar-refractivity contribution in [3.05, 3.63) is 71.8 Å². The highest BCUT2D eigenvalue weighted by Gasteiger charge is 2.21. The SMILES string of the molecule is COC(=O)c1ccccc1S(=O)(=O)N=Cc1c(O)ccc2ccccc12. The fraction of sp³-hybridized carbons (Fsp3) is 0.0526. The summed E-state index contributed by atoms with van der Waals surface area (Å²) in [7, 11) is -3.00. The Balaban J connectivity index is 2.10. The summed E-state index contributed by atoms with van der Waals surface area (Å²) in [6.45, 7) is 0. The highest BCUT2D eigenvalue weighted by Crippen LogP contribution is 2.26. The second-order valence-electron chi connectivity index (χ2n) is 5.42. The molecule has 0 saturated heterocycles. The van der Waals surface area contributed by atoms with Gasteiger partial charge in [-0.2, -0.15) is 12.8 Å². The first-order chi connectivity index (χ1) is 12.4. The number of nitrogens with zero attached hydrogens (tertiary/aromatic N) is 1. The van der Waals surface area contributed by atoms with Gasteiger partial charge in [-0.15, -0.1) is 0 Å². The molecule has 0 spiro atoms. The number of rotatable bonds is 4. The molecule has 0 fully saturated rings. The Hall–Kier alpha value is -3.19. The van der Waals surface area contributed by atoms with Crippen molar-refractivity contribution >= 4 is 33.0 Å². The van der Waals surface area contributed by atoms with E-state index < -0.39 is 16.0 Å². The zero-order valence-corrected chi connectivity index (χ0v) is 14.6. The minimum Gasteiger partial charge on any atom is -0.507 e. The molecule has 0 atom stereocenters. The molecule has 0 unspecified atom stereocenters. The maximum absolute atomic E-state index is 12.6. The van der Waals surface area contributed by atoms with E-state index in [1.165, 1.54) is 37.4 Å². The Kier molecular flexibility index (Phi) is 4.73. The maximum Gasteiger partial charge on any atom is 0.339 e. The topological polar surface area (TPSA) is 93.0 Å². The van der Waals surface area contributed by atoms with Crippen molar-refractivity contribution in [3.8, 4) is 5.75 Å². The average Bonchev–Trinajstić information content (AvgIpc) is 2.66. The molecule has 132 valence electrons. The smallest absolute Gasteiger partial charge is 0.339 e. The number of esters is 1. The predicted octanol–water partition coefficient (Wildman–Crippen LogP) is 3.14. The first kappa shape index (κ1) is 17.6. The molecule has 0 bridgehead atoms. The molecule has 0 radical (unpaired) electrons. The van der Waals surface area contributed by atoms with E-state index in [1.54, 1.807) is 18.2 Å². The van der Waals surface area contributed by atoms with Gasteiger partial charge in [-0.05, 0) is 29.0 Å². The largest absolute Gasteiger partial charge is 0.507 e. The minimum atomic E-state index is -4.17. The van der Waals surface area contributed by atoms with Crippen molar-refractivity contribution in [2.75, 3.05) is 7.11 Å². The van der Waals surface area contributed by atoms with E-state index in [-0.39, 0.29) is 21.8 Å². The number of ether oxygens (including phenoxy) is 1. The van der Waals surface area contributed by atoms with Gasteiger partial charge in [-0.25, -0.2) is 4.79 Å². The Morgan fingerprint density at radius 3 is 2.50 bits per heavy atom. The molecule has 3 rings (SSSR count). The first-order valence-corrected chi connectivity index (χ1v) is 9.06. The molecule has 3 aromatic rings. The number of fused-ring (bicyclic) bond motifs is 1. The van der Waals surface area contributed by atoms with Gasteiger partial charge in [-0.1, -0.05) is 42.5 Å². The van der Waals surface area contributed by atoms with Crippen molar-refractivity contribution in [2.24, 2.45) is 4.40 Å². The molecule has 26 heavy (non-hydrogen) atoms. The molecule has 0 aliphatic heterocycles. The highest BCUT2D eigenvalue weighted by atomic mass is 32.2. The molecule has 0 aliphatic carbocycles. The second-order valence-corrected chi connectivity index (χ2v) is 7.02. The lowest BCUT2D eigenvalue weighted by atomic mass is 10.0. The number of aromatic hydroxyl groups is 1. The lowest BCUT2D eigenvalue weighted by Gasteiger charge is -2.07. The first-order valence-electron chi connectivity index (χ1n) is 7.62. The number of carbonyl (C=O) groups excluding carboxylic acids is 1. The van der Waals surface area contributed by atoms with Gasteiger partial charge in [0.15, 0.2) is 0 Å². The number of hydrogen-bond acceptors (Lipinski definition) is 5. The third kappa shape index (κ3) is 3.29. The molecule has 6 nitrogen and oxygen atoms in total. The highest BCUT2D eigenvalue weighted by molar-refractivity contribution is 7.90. The molecule has 0 saturated carbocycles. The number of benzene rings is 3. The monoisotopic (exact) mass is 369 g/mol. The number of methoxy groups -OCH3 is 1. The fourth-order valence-corrected chi connectivity index (χ4v) is 3.61. The van der Waals surface area contributed by atoms with Crippen LogP contribution in [0.1, 0.15) is 15.9 Å².